The van der Waals surface area contributed by atoms with Crippen molar-refractivity contribution in [3.05, 3.63) is 11.6 Å². The van der Waals surface area contributed by atoms with Crippen LogP contribution < -0.4 is 0 Å². The third-order valence-corrected chi connectivity index (χ3v) is 10.7. The van der Waals surface area contributed by atoms with Crippen LogP contribution in [0.15, 0.2) is 11.6 Å². The van der Waals surface area contributed by atoms with Crippen molar-refractivity contribution in [3.8, 4) is 0 Å². The highest BCUT2D eigenvalue weighted by molar-refractivity contribution is 5.92. The lowest BCUT2D eigenvalue weighted by Crippen LogP contribution is -2.63. The highest BCUT2D eigenvalue weighted by Crippen LogP contribution is 2.79. The number of hydrogen-bond acceptors (Lipinski definition) is 6. The molecule has 4 aliphatic carbocycles. The van der Waals surface area contributed by atoms with Crippen LogP contribution in [-0.2, 0) is 23.8 Å². The zero-order valence-corrected chi connectivity index (χ0v) is 18.8. The first-order valence-electron chi connectivity index (χ1n) is 12.1. The van der Waals surface area contributed by atoms with Gasteiger partial charge in [0.25, 0.3) is 0 Å². The summed E-state index contributed by atoms with van der Waals surface area (Å²) in [6.45, 7) is 4.51. The van der Waals surface area contributed by atoms with Gasteiger partial charge in [-0.15, -0.1) is 0 Å². The van der Waals surface area contributed by atoms with Crippen LogP contribution >= 0.6 is 0 Å². The second-order valence-corrected chi connectivity index (χ2v) is 11.2. The second-order valence-electron chi connectivity index (χ2n) is 11.2. The monoisotopic (exact) mass is 430 g/mol. The number of rotatable bonds is 2. The fraction of sp³-hybridized carbons (Fsp3) is 0.840. The highest BCUT2D eigenvalue weighted by Gasteiger charge is 2.83. The predicted molar refractivity (Wildman–Crippen MR) is 111 cm³/mol. The van der Waals surface area contributed by atoms with E-state index in [-0.39, 0.29) is 51.7 Å². The molecule has 0 aromatic heterocycles. The summed E-state index contributed by atoms with van der Waals surface area (Å²) in [5, 5.41) is 10.3. The summed E-state index contributed by atoms with van der Waals surface area (Å²) in [7, 11) is 1.47. The number of carbonyl (C=O) groups is 2. The third-order valence-electron chi connectivity index (χ3n) is 10.7. The van der Waals surface area contributed by atoms with Crippen molar-refractivity contribution in [1.29, 1.82) is 0 Å². The first kappa shape index (κ1) is 20.4. The molecule has 2 saturated heterocycles. The molecule has 170 valence electrons. The quantitative estimate of drug-likeness (QED) is 0.534. The van der Waals surface area contributed by atoms with Gasteiger partial charge in [0.15, 0.2) is 12.1 Å². The Kier molecular flexibility index (Phi) is 4.08. The summed E-state index contributed by atoms with van der Waals surface area (Å²) in [4.78, 5) is 25.4. The number of aliphatic hydroxyl groups excluding tert-OH is 1. The molecule has 31 heavy (non-hydrogen) atoms. The topological polar surface area (TPSA) is 85.4 Å². The molecule has 6 nitrogen and oxygen atoms in total. The maximum absolute atomic E-state index is 13.1. The van der Waals surface area contributed by atoms with Crippen LogP contribution in [0.25, 0.3) is 0 Å². The minimum atomic E-state index is -0.687. The minimum Gasteiger partial charge on any atom is -0.469 e. The molecule has 6 heteroatoms. The Balaban J connectivity index is 1.50. The van der Waals surface area contributed by atoms with E-state index < -0.39 is 6.29 Å². The van der Waals surface area contributed by atoms with Crippen molar-refractivity contribution in [3.63, 3.8) is 0 Å². The number of epoxide rings is 1. The van der Waals surface area contributed by atoms with Crippen LogP contribution in [-0.4, -0.2) is 47.6 Å². The molecule has 0 radical (unpaired) electrons. The number of ether oxygens (including phenoxy) is 3. The van der Waals surface area contributed by atoms with Crippen LogP contribution in [0.5, 0.6) is 0 Å². The van der Waals surface area contributed by atoms with Gasteiger partial charge in [0.1, 0.15) is 5.60 Å². The molecule has 1 N–H and O–H groups in total. The lowest BCUT2D eigenvalue weighted by molar-refractivity contribution is -0.201. The molecular formula is C25H34O6. The van der Waals surface area contributed by atoms with Crippen molar-refractivity contribution < 1.29 is 28.9 Å². The summed E-state index contributed by atoms with van der Waals surface area (Å²) < 4.78 is 18.3. The maximum atomic E-state index is 13.1. The fourth-order valence-electron chi connectivity index (χ4n) is 9.31. The zero-order valence-electron chi connectivity index (χ0n) is 18.8. The van der Waals surface area contributed by atoms with Crippen LogP contribution in [0.4, 0.5) is 0 Å². The van der Waals surface area contributed by atoms with Gasteiger partial charge in [-0.05, 0) is 56.9 Å². The van der Waals surface area contributed by atoms with Crippen LogP contribution in [0.2, 0.25) is 0 Å². The second kappa shape index (κ2) is 6.21. The van der Waals surface area contributed by atoms with Gasteiger partial charge in [0, 0.05) is 29.6 Å². The number of aliphatic hydroxyl groups is 1. The van der Waals surface area contributed by atoms with E-state index in [1.54, 1.807) is 6.08 Å². The van der Waals surface area contributed by atoms with E-state index >= 15 is 0 Å². The molecule has 9 unspecified atom stereocenters. The van der Waals surface area contributed by atoms with Crippen molar-refractivity contribution >= 4 is 11.8 Å². The third kappa shape index (κ3) is 2.20. The Morgan fingerprint density at radius 3 is 2.71 bits per heavy atom. The first-order valence-corrected chi connectivity index (χ1v) is 12.1. The Hall–Kier alpha value is -1.24. The van der Waals surface area contributed by atoms with E-state index in [1.165, 1.54) is 7.11 Å². The molecular weight excluding hydrogens is 396 g/mol. The molecule has 5 fully saturated rings. The molecule has 2 heterocycles. The largest absolute Gasteiger partial charge is 0.469 e. The van der Waals surface area contributed by atoms with Gasteiger partial charge < -0.3 is 19.3 Å². The molecule has 2 spiro atoms. The fourth-order valence-corrected chi connectivity index (χ4v) is 9.31. The zero-order chi connectivity index (χ0) is 21.8. The molecule has 0 aromatic rings. The summed E-state index contributed by atoms with van der Waals surface area (Å²) in [5.74, 6) is 0.0455. The Morgan fingerprint density at radius 1 is 1.26 bits per heavy atom. The number of carbonyl (C=O) groups excluding carboxylic acids is 2. The van der Waals surface area contributed by atoms with E-state index in [1.807, 2.05) is 0 Å². The minimum absolute atomic E-state index is 0.0646. The van der Waals surface area contributed by atoms with Crippen LogP contribution in [0, 0.1) is 28.6 Å². The van der Waals surface area contributed by atoms with Crippen LogP contribution in [0.1, 0.15) is 71.6 Å². The average molecular weight is 431 g/mol. The molecule has 0 aromatic carbocycles. The summed E-state index contributed by atoms with van der Waals surface area (Å²) in [5.41, 5.74) is 0.0928. The number of hydrogen-bond donors (Lipinski definition) is 1. The predicted octanol–water partition coefficient (Wildman–Crippen LogP) is 3.31. The van der Waals surface area contributed by atoms with Gasteiger partial charge >= 0.3 is 5.97 Å². The van der Waals surface area contributed by atoms with Crippen molar-refractivity contribution in [2.24, 2.45) is 28.6 Å². The van der Waals surface area contributed by atoms with E-state index in [2.05, 4.69) is 13.8 Å². The Labute approximate surface area is 183 Å². The standard InChI is InChI=1S/C25H34O6/c1-4-23-13-18-25(30-18)20(17(23)6-9-24(23)10-7-19(27)31-24)16(21(28)29-3)12-14-11-15(26)5-8-22(14,25)2/h11,16-20,27H,4-10,12-13H2,1-3H3. The summed E-state index contributed by atoms with van der Waals surface area (Å²) in [6.07, 6.45) is 8.49. The van der Waals surface area contributed by atoms with Crippen molar-refractivity contribution in [2.45, 2.75) is 95.2 Å². The summed E-state index contributed by atoms with van der Waals surface area (Å²) in [6, 6.07) is 0. The Bertz CT molecular complexity index is 881. The SMILES string of the molecule is CCC12CC3OC34C(C(C(=O)OC)CC3=CC(=O)CCC34C)C1CCC21CCC(O)O1. The number of methoxy groups -OCH3 is 1. The van der Waals surface area contributed by atoms with E-state index in [9.17, 15) is 14.7 Å². The van der Waals surface area contributed by atoms with E-state index in [0.717, 1.165) is 44.1 Å². The Morgan fingerprint density at radius 2 is 2.03 bits per heavy atom. The molecule has 0 bridgehead atoms. The van der Waals surface area contributed by atoms with Crippen molar-refractivity contribution in [1.82, 2.24) is 0 Å². The van der Waals surface area contributed by atoms with Gasteiger partial charge in [-0.2, -0.15) is 0 Å². The lowest BCUT2D eigenvalue weighted by Gasteiger charge is -2.59. The number of ketones is 1. The number of fused-ring (bicyclic) bond motifs is 4. The maximum Gasteiger partial charge on any atom is 0.309 e. The average Bonchev–Trinajstić information content (AvgIpc) is 3.24. The molecule has 6 rings (SSSR count). The van der Waals surface area contributed by atoms with Gasteiger partial charge in [0.05, 0.1) is 24.7 Å². The molecule has 3 saturated carbocycles. The van der Waals surface area contributed by atoms with Crippen LogP contribution in [0.3, 0.4) is 0 Å². The smallest absolute Gasteiger partial charge is 0.309 e. The van der Waals surface area contributed by atoms with E-state index in [0.29, 0.717) is 25.2 Å². The van der Waals surface area contributed by atoms with E-state index in [4.69, 9.17) is 14.2 Å². The van der Waals surface area contributed by atoms with Gasteiger partial charge in [-0.3, -0.25) is 9.59 Å². The lowest BCUT2D eigenvalue weighted by atomic mass is 9.43. The van der Waals surface area contributed by atoms with Gasteiger partial charge in [-0.25, -0.2) is 0 Å². The molecule has 0 amide bonds. The first-order chi connectivity index (χ1) is 14.8. The van der Waals surface area contributed by atoms with Crippen molar-refractivity contribution in [2.75, 3.05) is 7.11 Å². The highest BCUT2D eigenvalue weighted by atomic mass is 16.6. The molecule has 6 aliphatic rings. The van der Waals surface area contributed by atoms with Gasteiger partial charge in [-0.1, -0.05) is 19.4 Å². The molecule has 9 atom stereocenters. The van der Waals surface area contributed by atoms with Gasteiger partial charge in [0.2, 0.25) is 0 Å². The summed E-state index contributed by atoms with van der Waals surface area (Å²) >= 11 is 0. The normalized spacial score (nSPS) is 54.5. The molecule has 2 aliphatic heterocycles. The number of esters is 1.